The number of nitrogens with one attached hydrogen (secondary N) is 1. The SMILES string of the molecule is O=C(C[C@@H](c1cccc2ccccc12)n1cccc1)Nc1nccs1. The van der Waals surface area contributed by atoms with Crippen LogP contribution >= 0.6 is 11.3 Å². The predicted molar refractivity (Wildman–Crippen MR) is 102 cm³/mol. The molecule has 0 unspecified atom stereocenters. The van der Waals surface area contributed by atoms with E-state index < -0.39 is 0 Å². The van der Waals surface area contributed by atoms with E-state index in [1.54, 1.807) is 6.20 Å². The van der Waals surface area contributed by atoms with Crippen molar-refractivity contribution >= 4 is 33.1 Å². The Bertz CT molecular complexity index is 972. The molecule has 0 aliphatic heterocycles. The van der Waals surface area contributed by atoms with Crippen molar-refractivity contribution < 1.29 is 4.79 Å². The van der Waals surface area contributed by atoms with Gasteiger partial charge in [0.25, 0.3) is 0 Å². The summed E-state index contributed by atoms with van der Waals surface area (Å²) in [7, 11) is 0. The zero-order chi connectivity index (χ0) is 17.1. The summed E-state index contributed by atoms with van der Waals surface area (Å²) in [5, 5.41) is 7.72. The Morgan fingerprint density at radius 3 is 2.68 bits per heavy atom. The third-order valence-corrected chi connectivity index (χ3v) is 4.92. The summed E-state index contributed by atoms with van der Waals surface area (Å²) in [5.41, 5.74) is 1.14. The quantitative estimate of drug-likeness (QED) is 0.568. The Kier molecular flexibility index (Phi) is 4.31. The van der Waals surface area contributed by atoms with E-state index in [0.717, 1.165) is 5.56 Å². The normalized spacial score (nSPS) is 12.2. The first kappa shape index (κ1) is 15.6. The smallest absolute Gasteiger partial charge is 0.228 e. The van der Waals surface area contributed by atoms with Gasteiger partial charge in [-0.1, -0.05) is 42.5 Å². The third kappa shape index (κ3) is 3.32. The molecular weight excluding hydrogens is 330 g/mol. The maximum absolute atomic E-state index is 12.6. The number of amides is 1. The number of rotatable bonds is 5. The second-order valence-electron chi connectivity index (χ2n) is 5.80. The van der Waals surface area contributed by atoms with Crippen LogP contribution in [-0.4, -0.2) is 15.5 Å². The average molecular weight is 347 g/mol. The third-order valence-electron chi connectivity index (χ3n) is 4.23. The van der Waals surface area contributed by atoms with Crippen molar-refractivity contribution in [2.75, 3.05) is 5.32 Å². The van der Waals surface area contributed by atoms with Gasteiger partial charge >= 0.3 is 0 Å². The molecule has 0 saturated heterocycles. The molecule has 1 atom stereocenters. The molecule has 4 rings (SSSR count). The van der Waals surface area contributed by atoms with Crippen molar-refractivity contribution in [1.82, 2.24) is 9.55 Å². The zero-order valence-corrected chi connectivity index (χ0v) is 14.3. The van der Waals surface area contributed by atoms with E-state index in [9.17, 15) is 4.79 Å². The molecule has 0 spiro atoms. The maximum atomic E-state index is 12.6. The molecule has 2 aromatic heterocycles. The van der Waals surface area contributed by atoms with Crippen molar-refractivity contribution in [1.29, 1.82) is 0 Å². The highest BCUT2D eigenvalue weighted by Gasteiger charge is 2.20. The van der Waals surface area contributed by atoms with Crippen LogP contribution in [0, 0.1) is 0 Å². The second kappa shape index (κ2) is 6.91. The minimum atomic E-state index is -0.0685. The van der Waals surface area contributed by atoms with Crippen molar-refractivity contribution in [3.05, 3.63) is 84.1 Å². The Balaban J connectivity index is 1.70. The fourth-order valence-corrected chi connectivity index (χ4v) is 3.65. The van der Waals surface area contributed by atoms with E-state index in [4.69, 9.17) is 0 Å². The molecule has 2 aromatic carbocycles. The van der Waals surface area contributed by atoms with Gasteiger partial charge in [-0.2, -0.15) is 0 Å². The number of anilines is 1. The number of thiazole rings is 1. The molecule has 0 saturated carbocycles. The standard InChI is InChI=1S/C20H17N3OS/c24-19(22-20-21-10-13-25-20)14-18(23-11-3-4-12-23)17-9-5-7-15-6-1-2-8-16(15)17/h1-13,18H,14H2,(H,21,22,24)/t18-/m0/s1. The van der Waals surface area contributed by atoms with Crippen LogP contribution in [0.4, 0.5) is 5.13 Å². The Labute approximate surface area is 149 Å². The topological polar surface area (TPSA) is 46.9 Å². The molecule has 2 heterocycles. The highest BCUT2D eigenvalue weighted by molar-refractivity contribution is 7.13. The van der Waals surface area contributed by atoms with Crippen LogP contribution in [0.1, 0.15) is 18.0 Å². The fourth-order valence-electron chi connectivity index (χ4n) is 3.10. The Morgan fingerprint density at radius 1 is 1.08 bits per heavy atom. The average Bonchev–Trinajstić information content (AvgIpc) is 3.33. The Morgan fingerprint density at radius 2 is 1.88 bits per heavy atom. The van der Waals surface area contributed by atoms with Crippen molar-refractivity contribution in [2.24, 2.45) is 0 Å². The molecule has 0 aliphatic carbocycles. The van der Waals surface area contributed by atoms with Crippen molar-refractivity contribution in [3.63, 3.8) is 0 Å². The Hall–Kier alpha value is -2.92. The number of benzene rings is 2. The van der Waals surface area contributed by atoms with Gasteiger partial charge < -0.3 is 9.88 Å². The number of hydrogen-bond donors (Lipinski definition) is 1. The van der Waals surface area contributed by atoms with Gasteiger partial charge in [0.05, 0.1) is 12.5 Å². The van der Waals surface area contributed by atoms with E-state index in [0.29, 0.717) is 11.6 Å². The van der Waals surface area contributed by atoms with Crippen LogP contribution in [0.3, 0.4) is 0 Å². The predicted octanol–water partition coefficient (Wildman–Crippen LogP) is 4.72. The molecule has 124 valence electrons. The summed E-state index contributed by atoms with van der Waals surface area (Å²) in [6.45, 7) is 0. The molecule has 0 bridgehead atoms. The minimum absolute atomic E-state index is 0.0402. The lowest BCUT2D eigenvalue weighted by Crippen LogP contribution is -2.19. The van der Waals surface area contributed by atoms with E-state index in [-0.39, 0.29) is 11.9 Å². The fraction of sp³-hybridized carbons (Fsp3) is 0.100. The number of nitrogens with zero attached hydrogens (tertiary/aromatic N) is 2. The highest BCUT2D eigenvalue weighted by atomic mass is 32.1. The summed E-state index contributed by atoms with van der Waals surface area (Å²) in [5.74, 6) is -0.0402. The van der Waals surface area contributed by atoms with Crippen LogP contribution < -0.4 is 5.32 Å². The van der Waals surface area contributed by atoms with Crippen molar-refractivity contribution in [3.8, 4) is 0 Å². The maximum Gasteiger partial charge on any atom is 0.228 e. The first-order chi connectivity index (χ1) is 12.3. The summed E-state index contributed by atoms with van der Waals surface area (Å²) in [6.07, 6.45) is 6.04. The van der Waals surface area contributed by atoms with Gasteiger partial charge in [0.2, 0.25) is 5.91 Å². The van der Waals surface area contributed by atoms with Gasteiger partial charge in [0.1, 0.15) is 0 Å². The number of carbonyl (C=O) groups is 1. The number of hydrogen-bond acceptors (Lipinski definition) is 3. The largest absolute Gasteiger partial charge is 0.346 e. The van der Waals surface area contributed by atoms with E-state index >= 15 is 0 Å². The zero-order valence-electron chi connectivity index (χ0n) is 13.5. The number of aromatic nitrogens is 2. The van der Waals surface area contributed by atoms with E-state index in [1.807, 2.05) is 48.1 Å². The van der Waals surface area contributed by atoms with Gasteiger partial charge in [0, 0.05) is 24.0 Å². The van der Waals surface area contributed by atoms with Gasteiger partial charge in [-0.05, 0) is 28.5 Å². The number of carbonyl (C=O) groups excluding carboxylic acids is 1. The van der Waals surface area contributed by atoms with Gasteiger partial charge in [-0.15, -0.1) is 11.3 Å². The van der Waals surface area contributed by atoms with Crippen LogP contribution in [0.2, 0.25) is 0 Å². The van der Waals surface area contributed by atoms with Gasteiger partial charge in [-0.3, -0.25) is 4.79 Å². The van der Waals surface area contributed by atoms with Gasteiger partial charge in [-0.25, -0.2) is 4.98 Å². The van der Waals surface area contributed by atoms with Crippen LogP contribution in [0.25, 0.3) is 10.8 Å². The van der Waals surface area contributed by atoms with E-state index in [2.05, 4.69) is 39.1 Å². The second-order valence-corrected chi connectivity index (χ2v) is 6.70. The summed E-state index contributed by atoms with van der Waals surface area (Å²) in [4.78, 5) is 16.7. The monoisotopic (exact) mass is 347 g/mol. The molecule has 0 radical (unpaired) electrons. The highest BCUT2D eigenvalue weighted by Crippen LogP contribution is 2.30. The summed E-state index contributed by atoms with van der Waals surface area (Å²) >= 11 is 1.42. The molecule has 0 aliphatic rings. The van der Waals surface area contributed by atoms with Crippen LogP contribution in [0.5, 0.6) is 0 Å². The van der Waals surface area contributed by atoms with Crippen molar-refractivity contribution in [2.45, 2.75) is 12.5 Å². The molecule has 4 aromatic rings. The molecule has 4 nitrogen and oxygen atoms in total. The molecule has 1 amide bonds. The minimum Gasteiger partial charge on any atom is -0.346 e. The van der Waals surface area contributed by atoms with Gasteiger partial charge in [0.15, 0.2) is 5.13 Å². The molecule has 0 fully saturated rings. The summed E-state index contributed by atoms with van der Waals surface area (Å²) in [6, 6.07) is 18.4. The lowest BCUT2D eigenvalue weighted by atomic mass is 9.96. The first-order valence-corrected chi connectivity index (χ1v) is 8.99. The molecule has 1 N–H and O–H groups in total. The molecule has 25 heavy (non-hydrogen) atoms. The number of fused-ring (bicyclic) bond motifs is 1. The lowest BCUT2D eigenvalue weighted by Gasteiger charge is -2.21. The van der Waals surface area contributed by atoms with Crippen LogP contribution in [0.15, 0.2) is 78.6 Å². The van der Waals surface area contributed by atoms with Crippen LogP contribution in [-0.2, 0) is 4.79 Å². The molecule has 5 heteroatoms. The first-order valence-electron chi connectivity index (χ1n) is 8.11. The lowest BCUT2D eigenvalue weighted by molar-refractivity contribution is -0.116. The summed E-state index contributed by atoms with van der Waals surface area (Å²) < 4.78 is 2.09. The van der Waals surface area contributed by atoms with E-state index in [1.165, 1.54) is 22.1 Å². The molecular formula is C20H17N3OS.